The maximum Gasteiger partial charge on any atom is 0.260 e. The maximum atomic E-state index is 12.6. The molecule has 0 spiro atoms. The lowest BCUT2D eigenvalue weighted by Gasteiger charge is -2.16. The van der Waals surface area contributed by atoms with Gasteiger partial charge in [-0.25, -0.2) is 8.42 Å². The first kappa shape index (κ1) is 15.7. The number of aryl methyl sites for hydroxylation is 1. The molecule has 2 aromatic rings. The van der Waals surface area contributed by atoms with E-state index in [0.29, 0.717) is 12.1 Å². The molecule has 0 fully saturated rings. The van der Waals surface area contributed by atoms with Gasteiger partial charge in [-0.1, -0.05) is 6.92 Å². The Morgan fingerprint density at radius 1 is 1.43 bits per heavy atom. The van der Waals surface area contributed by atoms with Crippen molar-refractivity contribution in [3.8, 4) is 0 Å². The molecule has 0 saturated carbocycles. The van der Waals surface area contributed by atoms with Crippen LogP contribution in [-0.2, 0) is 23.1 Å². The van der Waals surface area contributed by atoms with E-state index in [1.165, 1.54) is 10.5 Å². The number of rotatable bonds is 7. The first-order valence-corrected chi connectivity index (χ1v) is 8.13. The Hall–Kier alpha value is -1.64. The SMILES string of the molecule is CCNCc1cn[nH]c1S(=O)(=O)N(C)Cc1ccoc1C. The Morgan fingerprint density at radius 3 is 2.81 bits per heavy atom. The number of H-pyrrole nitrogens is 1. The molecule has 0 aliphatic heterocycles. The van der Waals surface area contributed by atoms with E-state index in [1.54, 1.807) is 19.4 Å². The molecule has 7 nitrogen and oxygen atoms in total. The number of nitrogens with zero attached hydrogens (tertiary/aromatic N) is 2. The van der Waals surface area contributed by atoms with Gasteiger partial charge in [-0.2, -0.15) is 9.40 Å². The highest BCUT2D eigenvalue weighted by Crippen LogP contribution is 2.20. The van der Waals surface area contributed by atoms with Gasteiger partial charge in [-0.15, -0.1) is 0 Å². The highest BCUT2D eigenvalue weighted by Gasteiger charge is 2.26. The number of nitrogens with one attached hydrogen (secondary N) is 2. The summed E-state index contributed by atoms with van der Waals surface area (Å²) in [5.41, 5.74) is 1.47. The van der Waals surface area contributed by atoms with Gasteiger partial charge in [-0.3, -0.25) is 5.10 Å². The van der Waals surface area contributed by atoms with Crippen LogP contribution in [0.3, 0.4) is 0 Å². The zero-order valence-electron chi connectivity index (χ0n) is 12.4. The fourth-order valence-corrected chi connectivity index (χ4v) is 3.21. The lowest BCUT2D eigenvalue weighted by molar-refractivity contribution is 0.455. The Morgan fingerprint density at radius 2 is 2.19 bits per heavy atom. The van der Waals surface area contributed by atoms with Gasteiger partial charge in [0.1, 0.15) is 5.76 Å². The summed E-state index contributed by atoms with van der Waals surface area (Å²) in [6.45, 7) is 5.24. The van der Waals surface area contributed by atoms with Crippen molar-refractivity contribution in [2.45, 2.75) is 32.0 Å². The minimum absolute atomic E-state index is 0.132. The van der Waals surface area contributed by atoms with Crippen LogP contribution < -0.4 is 5.32 Å². The lowest BCUT2D eigenvalue weighted by Crippen LogP contribution is -2.28. The van der Waals surface area contributed by atoms with Crippen LogP contribution in [0.4, 0.5) is 0 Å². The van der Waals surface area contributed by atoms with Crippen molar-refractivity contribution in [2.24, 2.45) is 0 Å². The van der Waals surface area contributed by atoms with Crippen molar-refractivity contribution in [2.75, 3.05) is 13.6 Å². The first-order valence-electron chi connectivity index (χ1n) is 6.69. The second kappa shape index (κ2) is 6.42. The summed E-state index contributed by atoms with van der Waals surface area (Å²) in [6.07, 6.45) is 3.09. The molecule has 2 aromatic heterocycles. The van der Waals surface area contributed by atoms with Crippen LogP contribution in [-0.4, -0.2) is 36.5 Å². The minimum Gasteiger partial charge on any atom is -0.469 e. The van der Waals surface area contributed by atoms with Crippen LogP contribution in [0.15, 0.2) is 28.0 Å². The first-order chi connectivity index (χ1) is 9.96. The molecule has 2 rings (SSSR count). The van der Waals surface area contributed by atoms with Gasteiger partial charge in [0, 0.05) is 31.3 Å². The standard InChI is InChI=1S/C13H20N4O3S/c1-4-14-7-12-8-15-16-13(12)21(18,19)17(3)9-11-5-6-20-10(11)2/h5-6,8,14H,4,7,9H2,1-3H3,(H,15,16). The normalized spacial score (nSPS) is 12.2. The molecule has 0 aliphatic rings. The summed E-state index contributed by atoms with van der Waals surface area (Å²) in [5, 5.41) is 9.67. The Kier molecular flexibility index (Phi) is 4.81. The maximum absolute atomic E-state index is 12.6. The summed E-state index contributed by atoms with van der Waals surface area (Å²) in [5.74, 6) is 0.717. The van der Waals surface area contributed by atoms with Crippen LogP contribution in [0.5, 0.6) is 0 Å². The largest absolute Gasteiger partial charge is 0.469 e. The highest BCUT2D eigenvalue weighted by molar-refractivity contribution is 7.89. The zero-order valence-corrected chi connectivity index (χ0v) is 13.2. The Bertz CT molecular complexity index is 690. The van der Waals surface area contributed by atoms with Crippen LogP contribution in [0.25, 0.3) is 0 Å². The predicted octanol–water partition coefficient (Wildman–Crippen LogP) is 1.24. The average Bonchev–Trinajstić information content (AvgIpc) is 3.06. The Labute approximate surface area is 124 Å². The quantitative estimate of drug-likeness (QED) is 0.802. The second-order valence-electron chi connectivity index (χ2n) is 4.77. The van der Waals surface area contributed by atoms with Crippen molar-refractivity contribution in [1.29, 1.82) is 0 Å². The third kappa shape index (κ3) is 3.34. The second-order valence-corrected chi connectivity index (χ2v) is 6.75. The molecule has 0 saturated heterocycles. The molecule has 0 amide bonds. The van der Waals surface area contributed by atoms with Crippen molar-refractivity contribution >= 4 is 10.0 Å². The smallest absolute Gasteiger partial charge is 0.260 e. The third-order valence-corrected chi connectivity index (χ3v) is 5.09. The lowest BCUT2D eigenvalue weighted by atomic mass is 10.3. The van der Waals surface area contributed by atoms with E-state index in [0.717, 1.165) is 17.9 Å². The highest BCUT2D eigenvalue weighted by atomic mass is 32.2. The number of furan rings is 1. The number of aromatic amines is 1. The zero-order chi connectivity index (χ0) is 15.5. The van der Waals surface area contributed by atoms with E-state index in [1.807, 2.05) is 13.8 Å². The fourth-order valence-electron chi connectivity index (χ4n) is 1.96. The van der Waals surface area contributed by atoms with Gasteiger partial charge in [0.05, 0.1) is 12.5 Å². The summed E-state index contributed by atoms with van der Waals surface area (Å²) in [6, 6.07) is 1.77. The van der Waals surface area contributed by atoms with E-state index in [-0.39, 0.29) is 11.6 Å². The molecular formula is C13H20N4O3S. The molecule has 21 heavy (non-hydrogen) atoms. The Balaban J connectivity index is 2.21. The summed E-state index contributed by atoms with van der Waals surface area (Å²) >= 11 is 0. The average molecular weight is 312 g/mol. The monoisotopic (exact) mass is 312 g/mol. The van der Waals surface area contributed by atoms with Crippen LogP contribution in [0.1, 0.15) is 23.8 Å². The van der Waals surface area contributed by atoms with Crippen LogP contribution >= 0.6 is 0 Å². The van der Waals surface area contributed by atoms with Crippen molar-refractivity contribution in [1.82, 2.24) is 19.8 Å². The van der Waals surface area contributed by atoms with Crippen LogP contribution in [0, 0.1) is 6.92 Å². The van der Waals surface area contributed by atoms with Gasteiger partial charge in [-0.05, 0) is 19.5 Å². The minimum atomic E-state index is -3.62. The third-order valence-electron chi connectivity index (χ3n) is 3.27. The van der Waals surface area contributed by atoms with Crippen molar-refractivity contribution < 1.29 is 12.8 Å². The molecule has 116 valence electrons. The van der Waals surface area contributed by atoms with Gasteiger partial charge in [0.15, 0.2) is 5.03 Å². The number of sulfonamides is 1. The summed E-state index contributed by atoms with van der Waals surface area (Å²) < 4.78 is 31.7. The van der Waals surface area contributed by atoms with Gasteiger partial charge in [0.2, 0.25) is 0 Å². The molecule has 0 unspecified atom stereocenters. The molecule has 0 aromatic carbocycles. The van der Waals surface area contributed by atoms with E-state index >= 15 is 0 Å². The molecule has 2 heterocycles. The molecular weight excluding hydrogens is 292 g/mol. The number of hydrogen-bond donors (Lipinski definition) is 2. The fraction of sp³-hybridized carbons (Fsp3) is 0.462. The van der Waals surface area contributed by atoms with Gasteiger partial charge in [0.25, 0.3) is 10.0 Å². The topological polar surface area (TPSA) is 91.2 Å². The van der Waals surface area contributed by atoms with E-state index in [4.69, 9.17) is 4.42 Å². The van der Waals surface area contributed by atoms with Crippen molar-refractivity contribution in [3.63, 3.8) is 0 Å². The summed E-state index contributed by atoms with van der Waals surface area (Å²) in [4.78, 5) is 0. The molecule has 2 N–H and O–H groups in total. The van der Waals surface area contributed by atoms with Crippen LogP contribution in [0.2, 0.25) is 0 Å². The van der Waals surface area contributed by atoms with E-state index in [9.17, 15) is 8.42 Å². The van der Waals surface area contributed by atoms with Crippen molar-refractivity contribution in [3.05, 3.63) is 35.4 Å². The number of hydrogen-bond acceptors (Lipinski definition) is 5. The molecule has 0 bridgehead atoms. The van der Waals surface area contributed by atoms with E-state index < -0.39 is 10.0 Å². The number of aromatic nitrogens is 2. The molecule has 0 atom stereocenters. The molecule has 0 radical (unpaired) electrons. The molecule has 0 aliphatic carbocycles. The predicted molar refractivity (Wildman–Crippen MR) is 78.1 cm³/mol. The van der Waals surface area contributed by atoms with E-state index in [2.05, 4.69) is 15.5 Å². The molecule has 8 heteroatoms. The summed E-state index contributed by atoms with van der Waals surface area (Å²) in [7, 11) is -2.07. The van der Waals surface area contributed by atoms with Gasteiger partial charge < -0.3 is 9.73 Å². The van der Waals surface area contributed by atoms with Gasteiger partial charge >= 0.3 is 0 Å².